The summed E-state index contributed by atoms with van der Waals surface area (Å²) in [6.07, 6.45) is 2.94. The zero-order valence-electron chi connectivity index (χ0n) is 11.4. The molecule has 1 N–H and O–H groups in total. The van der Waals surface area contributed by atoms with Crippen LogP contribution < -0.4 is 5.32 Å². The second-order valence-corrected chi connectivity index (χ2v) is 6.89. The number of benzene rings is 1. The van der Waals surface area contributed by atoms with Crippen LogP contribution in [0.4, 0.5) is 0 Å². The minimum absolute atomic E-state index is 0.315. The Hall–Kier alpha value is -0.130. The first-order valence-corrected chi connectivity index (χ1v) is 8.40. The van der Waals surface area contributed by atoms with E-state index < -0.39 is 0 Å². The topological polar surface area (TPSA) is 24.5 Å². The van der Waals surface area contributed by atoms with Crippen LogP contribution in [0.3, 0.4) is 0 Å². The fourth-order valence-corrected chi connectivity index (χ4v) is 3.49. The molecule has 1 aromatic carbocycles. The zero-order chi connectivity index (χ0) is 13.9. The first kappa shape index (κ1) is 14.8. The van der Waals surface area contributed by atoms with Crippen LogP contribution in [0.25, 0.3) is 0 Å². The van der Waals surface area contributed by atoms with E-state index in [1.54, 1.807) is 0 Å². The molecule has 0 bridgehead atoms. The van der Waals surface area contributed by atoms with Gasteiger partial charge in [0.05, 0.1) is 17.7 Å². The van der Waals surface area contributed by atoms with Crippen molar-refractivity contribution in [2.24, 2.45) is 0 Å². The van der Waals surface area contributed by atoms with E-state index in [1.807, 2.05) is 12.1 Å². The van der Waals surface area contributed by atoms with E-state index in [2.05, 4.69) is 32.2 Å². The van der Waals surface area contributed by atoms with Gasteiger partial charge in [0.2, 0.25) is 0 Å². The van der Waals surface area contributed by atoms with Gasteiger partial charge in [0.1, 0.15) is 0 Å². The maximum atomic E-state index is 6.10. The van der Waals surface area contributed by atoms with Gasteiger partial charge in [-0.3, -0.25) is 4.90 Å². The molecule has 2 saturated heterocycles. The van der Waals surface area contributed by atoms with Crippen molar-refractivity contribution >= 4 is 27.5 Å². The molecule has 0 amide bonds. The van der Waals surface area contributed by atoms with Crippen molar-refractivity contribution in [2.45, 2.75) is 31.5 Å². The lowest BCUT2D eigenvalue weighted by atomic mass is 10.2. The van der Waals surface area contributed by atoms with Crippen LogP contribution in [0, 0.1) is 0 Å². The quantitative estimate of drug-likeness (QED) is 0.894. The molecular formula is C15H20BrClN2O. The Morgan fingerprint density at radius 3 is 3.20 bits per heavy atom. The van der Waals surface area contributed by atoms with E-state index >= 15 is 0 Å². The van der Waals surface area contributed by atoms with Gasteiger partial charge in [-0.2, -0.15) is 0 Å². The van der Waals surface area contributed by atoms with Crippen LogP contribution in [0.2, 0.25) is 5.02 Å². The molecule has 0 aliphatic carbocycles. The van der Waals surface area contributed by atoms with Crippen molar-refractivity contribution < 1.29 is 4.74 Å². The molecule has 2 aliphatic heterocycles. The van der Waals surface area contributed by atoms with Gasteiger partial charge in [0.15, 0.2) is 0 Å². The van der Waals surface area contributed by atoms with Gasteiger partial charge in [-0.05, 0) is 53.0 Å². The fraction of sp³-hybridized carbons (Fsp3) is 0.600. The molecule has 2 heterocycles. The van der Waals surface area contributed by atoms with E-state index in [9.17, 15) is 0 Å². The Bertz CT molecular complexity index is 471. The molecule has 20 heavy (non-hydrogen) atoms. The molecule has 3 nitrogen and oxygen atoms in total. The van der Waals surface area contributed by atoms with Gasteiger partial charge < -0.3 is 10.1 Å². The summed E-state index contributed by atoms with van der Waals surface area (Å²) in [5.74, 6) is 0. The average molecular weight is 360 g/mol. The Kier molecular flexibility index (Phi) is 5.00. The summed E-state index contributed by atoms with van der Waals surface area (Å²) in [5.41, 5.74) is 1.20. The second-order valence-electron chi connectivity index (χ2n) is 5.63. The van der Waals surface area contributed by atoms with Crippen LogP contribution in [0.5, 0.6) is 0 Å². The number of nitrogens with one attached hydrogen (secondary N) is 1. The molecule has 2 aliphatic rings. The highest BCUT2D eigenvalue weighted by Crippen LogP contribution is 2.24. The monoisotopic (exact) mass is 358 g/mol. The first-order valence-electron chi connectivity index (χ1n) is 7.22. The number of ether oxygens (including phenoxy) is 1. The SMILES string of the molecule is Clc1cc(CNCC2CN3CCCC3CO2)ccc1Br. The van der Waals surface area contributed by atoms with Crippen molar-refractivity contribution in [3.05, 3.63) is 33.3 Å². The van der Waals surface area contributed by atoms with E-state index in [1.165, 1.54) is 24.9 Å². The molecule has 0 aromatic heterocycles. The third-order valence-corrected chi connectivity index (χ3v) is 5.38. The highest BCUT2D eigenvalue weighted by atomic mass is 79.9. The summed E-state index contributed by atoms with van der Waals surface area (Å²) >= 11 is 9.50. The summed E-state index contributed by atoms with van der Waals surface area (Å²) in [5, 5.41) is 4.23. The normalized spacial score (nSPS) is 26.7. The molecule has 110 valence electrons. The van der Waals surface area contributed by atoms with Gasteiger partial charge in [0, 0.05) is 30.1 Å². The standard InChI is InChI=1S/C15H20BrClN2O/c16-14-4-3-11(6-15(14)17)7-18-8-13-9-19-5-1-2-12(19)10-20-13/h3-4,6,12-13,18H,1-2,5,7-10H2. The minimum Gasteiger partial charge on any atom is -0.374 e. The van der Waals surface area contributed by atoms with Crippen molar-refractivity contribution in [1.82, 2.24) is 10.2 Å². The number of hydrogen-bond donors (Lipinski definition) is 1. The maximum Gasteiger partial charge on any atom is 0.0827 e. The molecule has 3 rings (SSSR count). The zero-order valence-corrected chi connectivity index (χ0v) is 13.8. The summed E-state index contributed by atoms with van der Waals surface area (Å²) in [4.78, 5) is 2.58. The third-order valence-electron chi connectivity index (χ3n) is 4.15. The average Bonchev–Trinajstić information content (AvgIpc) is 2.90. The molecule has 2 unspecified atom stereocenters. The molecule has 5 heteroatoms. The Labute approximate surface area is 133 Å². The lowest BCUT2D eigenvalue weighted by Gasteiger charge is -2.35. The molecule has 0 radical (unpaired) electrons. The molecular weight excluding hydrogens is 340 g/mol. The minimum atomic E-state index is 0.315. The fourth-order valence-electron chi connectivity index (χ4n) is 3.04. The lowest BCUT2D eigenvalue weighted by molar-refractivity contribution is -0.0470. The van der Waals surface area contributed by atoms with Gasteiger partial charge >= 0.3 is 0 Å². The first-order chi connectivity index (χ1) is 9.72. The number of morpholine rings is 1. The predicted molar refractivity (Wildman–Crippen MR) is 85.2 cm³/mol. The van der Waals surface area contributed by atoms with Crippen LogP contribution in [0.15, 0.2) is 22.7 Å². The Morgan fingerprint density at radius 1 is 1.45 bits per heavy atom. The largest absolute Gasteiger partial charge is 0.374 e. The number of nitrogens with zero attached hydrogens (tertiary/aromatic N) is 1. The molecule has 2 fully saturated rings. The van der Waals surface area contributed by atoms with Crippen molar-refractivity contribution in [2.75, 3.05) is 26.2 Å². The van der Waals surface area contributed by atoms with Crippen molar-refractivity contribution in [1.29, 1.82) is 0 Å². The van der Waals surface area contributed by atoms with Crippen molar-refractivity contribution in [3.63, 3.8) is 0 Å². The number of hydrogen-bond acceptors (Lipinski definition) is 3. The molecule has 0 saturated carbocycles. The maximum absolute atomic E-state index is 6.10. The summed E-state index contributed by atoms with van der Waals surface area (Å²) in [7, 11) is 0. The van der Waals surface area contributed by atoms with Gasteiger partial charge in [-0.25, -0.2) is 0 Å². The molecule has 2 atom stereocenters. The van der Waals surface area contributed by atoms with Crippen LogP contribution in [0.1, 0.15) is 18.4 Å². The van der Waals surface area contributed by atoms with E-state index in [4.69, 9.17) is 16.3 Å². The molecule has 0 spiro atoms. The van der Waals surface area contributed by atoms with Gasteiger partial charge in [0.25, 0.3) is 0 Å². The van der Waals surface area contributed by atoms with E-state index in [0.29, 0.717) is 12.1 Å². The van der Waals surface area contributed by atoms with Crippen LogP contribution in [-0.4, -0.2) is 43.3 Å². The third kappa shape index (κ3) is 3.55. The van der Waals surface area contributed by atoms with Gasteiger partial charge in [-0.15, -0.1) is 0 Å². The molecule has 1 aromatic rings. The highest BCUT2D eigenvalue weighted by Gasteiger charge is 2.31. The summed E-state index contributed by atoms with van der Waals surface area (Å²) in [6.45, 7) is 4.94. The Balaban J connectivity index is 1.44. The summed E-state index contributed by atoms with van der Waals surface area (Å²) in [6, 6.07) is 6.75. The summed E-state index contributed by atoms with van der Waals surface area (Å²) < 4.78 is 6.88. The number of rotatable bonds is 4. The smallest absolute Gasteiger partial charge is 0.0827 e. The Morgan fingerprint density at radius 2 is 2.35 bits per heavy atom. The second kappa shape index (κ2) is 6.75. The highest BCUT2D eigenvalue weighted by molar-refractivity contribution is 9.10. The van der Waals surface area contributed by atoms with Crippen LogP contribution in [-0.2, 0) is 11.3 Å². The van der Waals surface area contributed by atoms with Crippen molar-refractivity contribution in [3.8, 4) is 0 Å². The van der Waals surface area contributed by atoms with Gasteiger partial charge in [-0.1, -0.05) is 17.7 Å². The lowest BCUT2D eigenvalue weighted by Crippen LogP contribution is -2.49. The van der Waals surface area contributed by atoms with E-state index in [-0.39, 0.29) is 0 Å². The van der Waals surface area contributed by atoms with E-state index in [0.717, 1.165) is 35.7 Å². The number of fused-ring (bicyclic) bond motifs is 1. The van der Waals surface area contributed by atoms with Crippen LogP contribution >= 0.6 is 27.5 Å². The predicted octanol–water partition coefficient (Wildman–Crippen LogP) is 3.06. The number of halogens is 2.